The predicted octanol–water partition coefficient (Wildman–Crippen LogP) is -0.214. The van der Waals surface area contributed by atoms with Gasteiger partial charge in [-0.2, -0.15) is 6.08 Å². The zero-order valence-electron chi connectivity index (χ0n) is 11.7. The summed E-state index contributed by atoms with van der Waals surface area (Å²) in [6.45, 7) is 0. The van der Waals surface area contributed by atoms with Crippen LogP contribution in [-0.2, 0) is 26.2 Å². The second-order valence-corrected chi connectivity index (χ2v) is 5.38. The molecule has 0 atom stereocenters. The van der Waals surface area contributed by atoms with Crippen LogP contribution in [0.5, 0.6) is 0 Å². The first-order valence-electron chi connectivity index (χ1n) is 6.30. The van der Waals surface area contributed by atoms with Gasteiger partial charge < -0.3 is 24.8 Å². The maximum absolute atomic E-state index is 3.49. The van der Waals surface area contributed by atoms with Gasteiger partial charge in [0.05, 0.1) is 0 Å². The SMILES string of the molecule is Brc1ccc2c(c1)[cH-]c1ccccc12.[C-]1=CC=CC1.[Cl-].[Cl-].[Zr+4]. The van der Waals surface area contributed by atoms with Crippen molar-refractivity contribution in [2.45, 2.75) is 6.42 Å². The van der Waals surface area contributed by atoms with E-state index in [9.17, 15) is 0 Å². The first kappa shape index (κ1) is 21.7. The molecule has 0 unspecified atom stereocenters. The molecule has 0 amide bonds. The van der Waals surface area contributed by atoms with Gasteiger partial charge in [0.15, 0.2) is 0 Å². The maximum Gasteiger partial charge on any atom is 4.00 e. The molecule has 0 spiro atoms. The van der Waals surface area contributed by atoms with Gasteiger partial charge in [0.1, 0.15) is 0 Å². The summed E-state index contributed by atoms with van der Waals surface area (Å²) in [5.74, 6) is 0. The average Bonchev–Trinajstić information content (AvgIpc) is 3.09. The summed E-state index contributed by atoms with van der Waals surface area (Å²) >= 11 is 3.49. The van der Waals surface area contributed by atoms with Crippen molar-refractivity contribution in [1.82, 2.24) is 0 Å². The van der Waals surface area contributed by atoms with Gasteiger partial charge in [-0.25, -0.2) is 12.2 Å². The summed E-state index contributed by atoms with van der Waals surface area (Å²) in [7, 11) is 0. The fourth-order valence-electron chi connectivity index (χ4n) is 2.27. The monoisotopic (exact) mass is 468 g/mol. The standard InChI is InChI=1S/C13H8Br.C5H5.2ClH.Zr/c14-11-5-6-13-10(8-11)7-9-3-1-2-4-12(9)13;1-2-4-5-3-1;;;/h1-8H;1-3H,4H2;2*1H;/q2*-1;;;+4/p-2. The number of rotatable bonds is 0. The average molecular weight is 471 g/mol. The van der Waals surface area contributed by atoms with E-state index in [-0.39, 0.29) is 51.0 Å². The Morgan fingerprint density at radius 1 is 0.955 bits per heavy atom. The molecule has 0 saturated heterocycles. The summed E-state index contributed by atoms with van der Waals surface area (Å²) in [6, 6.07) is 17.1. The van der Waals surface area contributed by atoms with Crippen LogP contribution in [0.3, 0.4) is 0 Å². The van der Waals surface area contributed by atoms with E-state index >= 15 is 0 Å². The van der Waals surface area contributed by atoms with Gasteiger partial charge in [-0.1, -0.05) is 46.3 Å². The van der Waals surface area contributed by atoms with Gasteiger partial charge in [-0.05, 0) is 4.47 Å². The van der Waals surface area contributed by atoms with E-state index in [2.05, 4.69) is 76.6 Å². The molecule has 0 aliphatic heterocycles. The van der Waals surface area contributed by atoms with Gasteiger partial charge in [0.25, 0.3) is 0 Å². The molecule has 0 fully saturated rings. The van der Waals surface area contributed by atoms with Crippen LogP contribution in [-0.4, -0.2) is 0 Å². The molecular formula is C18H13BrCl2Zr. The second kappa shape index (κ2) is 10.5. The minimum Gasteiger partial charge on any atom is -1.00 e. The number of halogens is 3. The van der Waals surface area contributed by atoms with Crippen molar-refractivity contribution < 1.29 is 51.0 Å². The third kappa shape index (κ3) is 5.13. The van der Waals surface area contributed by atoms with E-state index in [1.54, 1.807) is 0 Å². The van der Waals surface area contributed by atoms with E-state index in [4.69, 9.17) is 0 Å². The smallest absolute Gasteiger partial charge is 1.00 e. The Labute approximate surface area is 171 Å². The summed E-state index contributed by atoms with van der Waals surface area (Å²) < 4.78 is 1.14. The van der Waals surface area contributed by atoms with Crippen LogP contribution >= 0.6 is 15.9 Å². The predicted molar refractivity (Wildman–Crippen MR) is 86.3 cm³/mol. The number of hydrogen-bond donors (Lipinski definition) is 0. The molecule has 0 N–H and O–H groups in total. The van der Waals surface area contributed by atoms with Gasteiger partial charge in [0, 0.05) is 0 Å². The summed E-state index contributed by atoms with van der Waals surface area (Å²) in [4.78, 5) is 0. The minimum atomic E-state index is 0. The molecule has 0 saturated carbocycles. The zero-order valence-corrected chi connectivity index (χ0v) is 17.2. The van der Waals surface area contributed by atoms with E-state index in [0.717, 1.165) is 10.9 Å². The van der Waals surface area contributed by atoms with E-state index < -0.39 is 0 Å². The van der Waals surface area contributed by atoms with Crippen molar-refractivity contribution in [1.29, 1.82) is 0 Å². The molecule has 110 valence electrons. The normalized spacial score (nSPS) is 11.1. The zero-order chi connectivity index (χ0) is 13.1. The fraction of sp³-hybridized carbons (Fsp3) is 0.0556. The van der Waals surface area contributed by atoms with Crippen molar-refractivity contribution in [2.24, 2.45) is 0 Å². The Hall–Kier alpha value is -0.267. The maximum atomic E-state index is 3.49. The van der Waals surface area contributed by atoms with E-state index in [1.165, 1.54) is 21.5 Å². The van der Waals surface area contributed by atoms with Gasteiger partial charge >= 0.3 is 26.2 Å². The Kier molecular flexibility index (Phi) is 10.4. The van der Waals surface area contributed by atoms with Crippen molar-refractivity contribution in [3.8, 4) is 0 Å². The third-order valence-electron chi connectivity index (χ3n) is 3.16. The Morgan fingerprint density at radius 2 is 1.68 bits per heavy atom. The van der Waals surface area contributed by atoms with Crippen LogP contribution in [0.1, 0.15) is 6.42 Å². The minimum absolute atomic E-state index is 0. The summed E-state index contributed by atoms with van der Waals surface area (Å²) in [6.07, 6.45) is 10.0. The van der Waals surface area contributed by atoms with Crippen molar-refractivity contribution in [2.75, 3.05) is 0 Å². The first-order valence-corrected chi connectivity index (χ1v) is 7.09. The molecule has 1 aliphatic rings. The Balaban J connectivity index is 0.000000482. The quantitative estimate of drug-likeness (QED) is 0.398. The topological polar surface area (TPSA) is 0 Å². The van der Waals surface area contributed by atoms with Crippen LogP contribution in [0.25, 0.3) is 21.5 Å². The van der Waals surface area contributed by atoms with Gasteiger partial charge in [-0.15, -0.1) is 46.2 Å². The number of benzene rings is 2. The van der Waals surface area contributed by atoms with Crippen LogP contribution < -0.4 is 24.8 Å². The van der Waals surface area contributed by atoms with Gasteiger partial charge in [0.2, 0.25) is 0 Å². The van der Waals surface area contributed by atoms with Crippen LogP contribution in [0, 0.1) is 6.08 Å². The second-order valence-electron chi connectivity index (χ2n) is 4.47. The van der Waals surface area contributed by atoms with E-state index in [0.29, 0.717) is 0 Å². The van der Waals surface area contributed by atoms with Crippen LogP contribution in [0.4, 0.5) is 0 Å². The number of hydrogen-bond acceptors (Lipinski definition) is 0. The molecule has 0 bridgehead atoms. The van der Waals surface area contributed by atoms with E-state index in [1.807, 2.05) is 12.2 Å². The van der Waals surface area contributed by atoms with Crippen molar-refractivity contribution >= 4 is 37.5 Å². The summed E-state index contributed by atoms with van der Waals surface area (Å²) in [5.41, 5.74) is 0. The molecule has 0 aromatic heterocycles. The molecule has 3 aromatic rings. The largest absolute Gasteiger partial charge is 4.00 e. The molecule has 3 aromatic carbocycles. The van der Waals surface area contributed by atoms with Crippen molar-refractivity contribution in [3.63, 3.8) is 0 Å². The fourth-order valence-corrected chi connectivity index (χ4v) is 2.65. The van der Waals surface area contributed by atoms with Crippen molar-refractivity contribution in [3.05, 3.63) is 77.3 Å². The van der Waals surface area contributed by atoms with Gasteiger partial charge in [-0.3, -0.25) is 6.08 Å². The molecule has 22 heavy (non-hydrogen) atoms. The molecular weight excluding hydrogens is 458 g/mol. The Morgan fingerprint density at radius 3 is 2.32 bits per heavy atom. The molecule has 0 nitrogen and oxygen atoms in total. The Bertz CT molecular complexity index is 765. The molecule has 1 aliphatic carbocycles. The number of allylic oxidation sites excluding steroid dienone is 4. The molecule has 4 rings (SSSR count). The third-order valence-corrected chi connectivity index (χ3v) is 3.65. The van der Waals surface area contributed by atoms with Crippen LogP contribution in [0.2, 0.25) is 0 Å². The summed E-state index contributed by atoms with van der Waals surface area (Å²) in [5, 5.41) is 5.31. The molecule has 4 heteroatoms. The molecule has 0 heterocycles. The molecule has 0 radical (unpaired) electrons. The van der Waals surface area contributed by atoms with Crippen LogP contribution in [0.15, 0.2) is 71.2 Å². The number of fused-ring (bicyclic) bond motifs is 3. The first-order chi connectivity index (χ1) is 9.34.